The zero-order valence-electron chi connectivity index (χ0n) is 9.68. The number of nitrogens with zero attached hydrogens (tertiary/aromatic N) is 1. The van der Waals surface area contributed by atoms with Crippen LogP contribution in [0.4, 0.5) is 0 Å². The van der Waals surface area contributed by atoms with Gasteiger partial charge in [-0.15, -0.1) is 11.8 Å². The quantitative estimate of drug-likeness (QED) is 0.751. The van der Waals surface area contributed by atoms with Crippen molar-refractivity contribution in [2.24, 2.45) is 0 Å². The molecule has 2 aromatic rings. The normalized spacial score (nSPS) is 9.88. The minimum atomic E-state index is 0.717. The van der Waals surface area contributed by atoms with Gasteiger partial charge in [-0.3, -0.25) is 0 Å². The molecule has 0 unspecified atom stereocenters. The van der Waals surface area contributed by atoms with E-state index in [0.29, 0.717) is 0 Å². The Hall–Kier alpha value is -1.72. The summed E-state index contributed by atoms with van der Waals surface area (Å²) in [5.74, 6) is 0.941. The van der Waals surface area contributed by atoms with E-state index in [0.717, 1.165) is 11.3 Å². The highest BCUT2D eigenvalue weighted by Crippen LogP contribution is 2.25. The molecule has 0 saturated heterocycles. The number of thioether (sulfide) groups is 1. The van der Waals surface area contributed by atoms with Gasteiger partial charge in [0.2, 0.25) is 0 Å². The Morgan fingerprint density at radius 3 is 2.41 bits per heavy atom. The molecule has 1 nitrogen and oxygen atoms in total. The predicted molar refractivity (Wildman–Crippen MR) is 71.9 cm³/mol. The molecule has 2 aromatic carbocycles. The van der Waals surface area contributed by atoms with Crippen molar-refractivity contribution in [2.45, 2.75) is 17.6 Å². The molecule has 0 aliphatic heterocycles. The van der Waals surface area contributed by atoms with Crippen LogP contribution >= 0.6 is 11.8 Å². The van der Waals surface area contributed by atoms with Gasteiger partial charge in [-0.05, 0) is 36.2 Å². The molecule has 0 bridgehead atoms. The summed E-state index contributed by atoms with van der Waals surface area (Å²) in [6, 6.07) is 18.3. The van der Waals surface area contributed by atoms with Crippen LogP contribution in [0.15, 0.2) is 53.4 Å². The fraction of sp³-hybridized carbons (Fsp3) is 0.133. The Kier molecular flexibility index (Phi) is 3.85. The number of hydrogen-bond donors (Lipinski definition) is 0. The number of nitriles is 1. The third-order valence-corrected chi connectivity index (χ3v) is 3.82. The maximum atomic E-state index is 8.72. The summed E-state index contributed by atoms with van der Waals surface area (Å²) in [7, 11) is 0. The van der Waals surface area contributed by atoms with Gasteiger partial charge < -0.3 is 0 Å². The topological polar surface area (TPSA) is 23.8 Å². The summed E-state index contributed by atoms with van der Waals surface area (Å²) in [5.41, 5.74) is 3.28. The second-order valence-electron chi connectivity index (χ2n) is 3.86. The minimum absolute atomic E-state index is 0.717. The Morgan fingerprint density at radius 1 is 1.06 bits per heavy atom. The van der Waals surface area contributed by atoms with Gasteiger partial charge in [-0.25, -0.2) is 0 Å². The predicted octanol–water partition coefficient (Wildman–Crippen LogP) is 4.16. The van der Waals surface area contributed by atoms with E-state index in [4.69, 9.17) is 5.26 Å². The van der Waals surface area contributed by atoms with Gasteiger partial charge in [0.1, 0.15) is 0 Å². The summed E-state index contributed by atoms with van der Waals surface area (Å²) >= 11 is 1.83. The number of hydrogen-bond acceptors (Lipinski definition) is 2. The van der Waals surface area contributed by atoms with Crippen LogP contribution in [0.1, 0.15) is 16.7 Å². The molecule has 0 fully saturated rings. The monoisotopic (exact) mass is 239 g/mol. The van der Waals surface area contributed by atoms with Crippen LogP contribution in [0, 0.1) is 18.3 Å². The first-order valence-corrected chi connectivity index (χ1v) is 6.45. The fourth-order valence-electron chi connectivity index (χ4n) is 1.55. The SMILES string of the molecule is Cc1ccccc1SCc1ccc(C#N)cc1. The molecule has 0 radical (unpaired) electrons. The second-order valence-corrected chi connectivity index (χ2v) is 4.88. The standard InChI is InChI=1S/C15H13NS/c1-12-4-2-3-5-15(12)17-11-14-8-6-13(10-16)7-9-14/h2-9H,11H2,1H3. The molecular formula is C15H13NS. The number of rotatable bonds is 3. The summed E-state index contributed by atoms with van der Waals surface area (Å²) < 4.78 is 0. The van der Waals surface area contributed by atoms with E-state index in [2.05, 4.69) is 37.3 Å². The van der Waals surface area contributed by atoms with Crippen molar-refractivity contribution in [2.75, 3.05) is 0 Å². The van der Waals surface area contributed by atoms with Crippen molar-refractivity contribution in [1.82, 2.24) is 0 Å². The van der Waals surface area contributed by atoms with E-state index in [-0.39, 0.29) is 0 Å². The molecule has 0 aliphatic rings. The lowest BCUT2D eigenvalue weighted by atomic mass is 10.2. The first-order valence-electron chi connectivity index (χ1n) is 5.47. The van der Waals surface area contributed by atoms with Gasteiger partial charge in [-0.2, -0.15) is 5.26 Å². The van der Waals surface area contributed by atoms with Crippen molar-refractivity contribution in [3.63, 3.8) is 0 Å². The Balaban J connectivity index is 2.03. The van der Waals surface area contributed by atoms with Crippen LogP contribution in [0.25, 0.3) is 0 Å². The van der Waals surface area contributed by atoms with E-state index in [1.807, 2.05) is 36.0 Å². The van der Waals surface area contributed by atoms with E-state index in [1.165, 1.54) is 16.0 Å². The number of benzene rings is 2. The smallest absolute Gasteiger partial charge is 0.0991 e. The molecule has 0 aromatic heterocycles. The van der Waals surface area contributed by atoms with E-state index in [9.17, 15) is 0 Å². The third kappa shape index (κ3) is 3.12. The lowest BCUT2D eigenvalue weighted by Gasteiger charge is -2.05. The van der Waals surface area contributed by atoms with Crippen molar-refractivity contribution in [3.05, 3.63) is 65.2 Å². The number of aryl methyl sites for hydroxylation is 1. The lowest BCUT2D eigenvalue weighted by Crippen LogP contribution is -1.83. The zero-order chi connectivity index (χ0) is 12.1. The van der Waals surface area contributed by atoms with Crippen LogP contribution in [-0.2, 0) is 5.75 Å². The van der Waals surface area contributed by atoms with Gasteiger partial charge >= 0.3 is 0 Å². The summed E-state index contributed by atoms with van der Waals surface area (Å²) in [6.45, 7) is 2.13. The van der Waals surface area contributed by atoms with E-state index >= 15 is 0 Å². The molecule has 0 N–H and O–H groups in total. The van der Waals surface area contributed by atoms with Gasteiger partial charge in [-0.1, -0.05) is 30.3 Å². The molecule has 0 heterocycles. The van der Waals surface area contributed by atoms with Crippen LogP contribution in [0.2, 0.25) is 0 Å². The van der Waals surface area contributed by atoms with Gasteiger partial charge in [0.05, 0.1) is 11.6 Å². The molecule has 2 rings (SSSR count). The second kappa shape index (κ2) is 5.56. The van der Waals surface area contributed by atoms with Crippen LogP contribution in [-0.4, -0.2) is 0 Å². The largest absolute Gasteiger partial charge is 0.192 e. The first kappa shape index (κ1) is 11.8. The maximum Gasteiger partial charge on any atom is 0.0991 e. The average Bonchev–Trinajstić information content (AvgIpc) is 2.38. The lowest BCUT2D eigenvalue weighted by molar-refractivity contribution is 1.29. The van der Waals surface area contributed by atoms with E-state index < -0.39 is 0 Å². The molecule has 2 heteroatoms. The first-order chi connectivity index (χ1) is 8.29. The summed E-state index contributed by atoms with van der Waals surface area (Å²) in [4.78, 5) is 1.32. The molecule has 0 saturated carbocycles. The van der Waals surface area contributed by atoms with Crippen molar-refractivity contribution in [1.29, 1.82) is 5.26 Å². The Morgan fingerprint density at radius 2 is 1.76 bits per heavy atom. The Labute approximate surface area is 106 Å². The molecule has 17 heavy (non-hydrogen) atoms. The molecule has 0 amide bonds. The van der Waals surface area contributed by atoms with Gasteiger partial charge in [0.15, 0.2) is 0 Å². The highest BCUT2D eigenvalue weighted by atomic mass is 32.2. The van der Waals surface area contributed by atoms with Crippen LogP contribution in [0.3, 0.4) is 0 Å². The maximum absolute atomic E-state index is 8.72. The van der Waals surface area contributed by atoms with Crippen molar-refractivity contribution < 1.29 is 0 Å². The van der Waals surface area contributed by atoms with Gasteiger partial charge in [0, 0.05) is 10.6 Å². The Bertz CT molecular complexity index is 538. The highest BCUT2D eigenvalue weighted by molar-refractivity contribution is 7.98. The zero-order valence-corrected chi connectivity index (χ0v) is 10.5. The molecular weight excluding hydrogens is 226 g/mol. The molecule has 0 aliphatic carbocycles. The average molecular weight is 239 g/mol. The fourth-order valence-corrected chi connectivity index (χ4v) is 2.54. The van der Waals surface area contributed by atoms with Crippen LogP contribution in [0.5, 0.6) is 0 Å². The molecule has 0 atom stereocenters. The van der Waals surface area contributed by atoms with Gasteiger partial charge in [0.25, 0.3) is 0 Å². The highest BCUT2D eigenvalue weighted by Gasteiger charge is 1.99. The summed E-state index contributed by atoms with van der Waals surface area (Å²) in [5, 5.41) is 8.72. The minimum Gasteiger partial charge on any atom is -0.192 e. The van der Waals surface area contributed by atoms with Crippen molar-refractivity contribution in [3.8, 4) is 6.07 Å². The van der Waals surface area contributed by atoms with E-state index in [1.54, 1.807) is 0 Å². The summed E-state index contributed by atoms with van der Waals surface area (Å²) in [6.07, 6.45) is 0. The molecule has 0 spiro atoms. The van der Waals surface area contributed by atoms with Crippen LogP contribution < -0.4 is 0 Å². The third-order valence-electron chi connectivity index (χ3n) is 2.57. The molecule has 84 valence electrons. The van der Waals surface area contributed by atoms with Crippen molar-refractivity contribution >= 4 is 11.8 Å².